The van der Waals surface area contributed by atoms with Crippen molar-refractivity contribution >= 4 is 24.8 Å². The second kappa shape index (κ2) is 19.1. The fourth-order valence-corrected chi connectivity index (χ4v) is 7.10. The van der Waals surface area contributed by atoms with E-state index in [0.717, 1.165) is 0 Å². The van der Waals surface area contributed by atoms with Crippen molar-refractivity contribution in [2.45, 2.75) is 93.9 Å². The molecule has 0 aromatic heterocycles. The molecule has 51 heavy (non-hydrogen) atoms. The van der Waals surface area contributed by atoms with Crippen LogP contribution in [-0.2, 0) is 35.1 Å². The summed E-state index contributed by atoms with van der Waals surface area (Å²) in [6.45, 7) is 27.3. The van der Waals surface area contributed by atoms with Gasteiger partial charge in [-0.15, -0.1) is 39.7 Å². The molecule has 0 saturated heterocycles. The van der Waals surface area contributed by atoms with Crippen LogP contribution in [0.15, 0.2) is 120 Å². The van der Waals surface area contributed by atoms with Gasteiger partial charge in [-0.25, -0.2) is 5.57 Å². The van der Waals surface area contributed by atoms with E-state index in [1.807, 2.05) is 0 Å². The molecule has 5 aromatic rings. The van der Waals surface area contributed by atoms with Crippen molar-refractivity contribution in [3.8, 4) is 0 Å². The Bertz CT molecular complexity index is 1770. The Kier molecular flexibility index (Phi) is 16.7. The summed E-state index contributed by atoms with van der Waals surface area (Å²) in [5, 5.41) is 5.48. The summed E-state index contributed by atoms with van der Waals surface area (Å²) in [6, 6.07) is 37.3. The predicted octanol–water partition coefficient (Wildman–Crippen LogP) is 7.36. The Morgan fingerprint density at radius 2 is 1.02 bits per heavy atom. The number of fused-ring (bicyclic) bond motifs is 3. The monoisotopic (exact) mass is 794 g/mol. The molecule has 0 radical (unpaired) electrons. The first-order valence-corrected chi connectivity index (χ1v) is 19.4. The predicted molar refractivity (Wildman–Crippen MR) is 213 cm³/mol. The number of hydrogen-bond donors (Lipinski definition) is 0. The van der Waals surface area contributed by atoms with Crippen LogP contribution in [0.1, 0.15) is 105 Å². The zero-order chi connectivity index (χ0) is 36.1. The molecule has 0 bridgehead atoms. The number of allylic oxidation sites excluding steroid dienone is 4. The molecule has 1 aliphatic carbocycles. The minimum absolute atomic E-state index is 0. The number of hydrogen-bond acceptors (Lipinski definition) is 0. The molecule has 1 aliphatic rings. The molecule has 0 aliphatic heterocycles. The molecule has 0 N–H and O–H groups in total. The van der Waals surface area contributed by atoms with Gasteiger partial charge in [0, 0.05) is 0 Å². The van der Waals surface area contributed by atoms with Crippen LogP contribution in [0.2, 0.25) is 0 Å². The molecule has 0 spiro atoms. The minimum atomic E-state index is 0. The van der Waals surface area contributed by atoms with Crippen LogP contribution in [0.25, 0.3) is 21.5 Å². The molecule has 3 heteroatoms. The quantitative estimate of drug-likeness (QED) is 0.163. The van der Waals surface area contributed by atoms with E-state index in [9.17, 15) is 0 Å². The summed E-state index contributed by atoms with van der Waals surface area (Å²) < 4.78 is 1.42. The summed E-state index contributed by atoms with van der Waals surface area (Å²) in [5.74, 6) is 2.49. The van der Waals surface area contributed by atoms with E-state index < -0.39 is 0 Å². The molecule has 0 heterocycles. The van der Waals surface area contributed by atoms with Crippen molar-refractivity contribution in [3.63, 3.8) is 0 Å². The zero-order valence-electron chi connectivity index (χ0n) is 33.0. The van der Waals surface area contributed by atoms with E-state index in [4.69, 9.17) is 0 Å². The van der Waals surface area contributed by atoms with Crippen LogP contribution in [0.3, 0.4) is 0 Å². The molecule has 0 nitrogen and oxygen atoms in total. The number of rotatable bonds is 5. The van der Waals surface area contributed by atoms with Crippen molar-refractivity contribution in [2.75, 3.05) is 0 Å². The third-order valence-electron chi connectivity index (χ3n) is 9.47. The average molecular weight is 797 g/mol. The van der Waals surface area contributed by atoms with Gasteiger partial charge in [0.15, 0.2) is 0 Å². The number of benzene rings is 4. The summed E-state index contributed by atoms with van der Waals surface area (Å²) in [7, 11) is 0. The van der Waals surface area contributed by atoms with E-state index in [1.165, 1.54) is 82.4 Å². The van der Waals surface area contributed by atoms with E-state index in [0.29, 0.717) is 23.7 Å². The molecule has 5 aromatic carbocycles. The summed E-state index contributed by atoms with van der Waals surface area (Å²) in [5.41, 5.74) is 8.86. The van der Waals surface area contributed by atoms with Crippen molar-refractivity contribution in [3.05, 3.63) is 149 Å². The molecule has 0 fully saturated rings. The Morgan fingerprint density at radius 3 is 1.33 bits per heavy atom. The van der Waals surface area contributed by atoms with Crippen LogP contribution in [0.4, 0.5) is 0 Å². The topological polar surface area (TPSA) is 0 Å². The van der Waals surface area contributed by atoms with Crippen molar-refractivity contribution in [1.29, 1.82) is 0 Å². The zero-order valence-corrected chi connectivity index (χ0v) is 36.9. The van der Waals surface area contributed by atoms with Crippen LogP contribution >= 0.6 is 0 Å². The third kappa shape index (κ3) is 11.8. The van der Waals surface area contributed by atoms with Crippen LogP contribution in [0, 0.1) is 29.7 Å². The summed E-state index contributed by atoms with van der Waals surface area (Å²) in [4.78, 5) is 0. The van der Waals surface area contributed by atoms with Crippen LogP contribution in [0.5, 0.6) is 0 Å². The van der Waals surface area contributed by atoms with Gasteiger partial charge in [0.05, 0.1) is 0 Å². The molecule has 6 rings (SSSR count). The van der Waals surface area contributed by atoms with Crippen LogP contribution in [-0.4, -0.2) is 3.21 Å². The van der Waals surface area contributed by atoms with Gasteiger partial charge >= 0.3 is 99.2 Å². The first-order chi connectivity index (χ1) is 23.0. The molecule has 1 unspecified atom stereocenters. The van der Waals surface area contributed by atoms with Gasteiger partial charge in [0.25, 0.3) is 0 Å². The SMILES string of the molecule is CC(C)(C)c1ccc2c(c1)[cH-]c1cc(C(C)(C)C)ccc12.CC(C)C1=[C-]C(C(C)C)C=C1C(C)C.[Cl-].[Cl-].[Zr+2]=[C](c1ccccc1)c1ccccc1. The fourth-order valence-electron chi connectivity index (χ4n) is 6.28. The van der Waals surface area contributed by atoms with Gasteiger partial charge in [-0.05, 0) is 10.8 Å². The van der Waals surface area contributed by atoms with E-state index in [1.54, 1.807) is 0 Å². The fraction of sp³-hybridized carbons (Fsp3) is 0.375. The Hall–Kier alpha value is -2.44. The van der Waals surface area contributed by atoms with Gasteiger partial charge < -0.3 is 24.8 Å². The second-order valence-electron chi connectivity index (χ2n) is 16.6. The third-order valence-corrected chi connectivity index (χ3v) is 10.9. The first-order valence-electron chi connectivity index (χ1n) is 18.2. The van der Waals surface area contributed by atoms with Gasteiger partial charge in [-0.3, -0.25) is 6.08 Å². The summed E-state index contributed by atoms with van der Waals surface area (Å²) in [6.07, 6.45) is 6.07. The number of halogens is 2. The Morgan fingerprint density at radius 1 is 0.608 bits per heavy atom. The Labute approximate surface area is 337 Å². The Balaban J connectivity index is 0.000000269. The van der Waals surface area contributed by atoms with E-state index in [2.05, 4.69) is 198 Å². The maximum atomic E-state index is 3.65. The second-order valence-corrected chi connectivity index (χ2v) is 17.8. The van der Waals surface area contributed by atoms with Crippen LogP contribution < -0.4 is 24.8 Å². The first kappa shape index (κ1) is 44.7. The molecule has 0 saturated carbocycles. The maximum absolute atomic E-state index is 3.65. The molecule has 0 amide bonds. The van der Waals surface area contributed by atoms with Gasteiger partial charge in [-0.1, -0.05) is 142 Å². The van der Waals surface area contributed by atoms with Crippen molar-refractivity contribution < 1.29 is 49.0 Å². The van der Waals surface area contributed by atoms with Crippen molar-refractivity contribution in [1.82, 2.24) is 0 Å². The molecular weight excluding hydrogens is 739 g/mol. The molecule has 270 valence electrons. The average Bonchev–Trinajstić information content (AvgIpc) is 3.68. The van der Waals surface area contributed by atoms with Gasteiger partial charge in [0.1, 0.15) is 0 Å². The normalized spacial score (nSPS) is 14.3. The molecular formula is C48H58Cl2Zr-2. The van der Waals surface area contributed by atoms with Gasteiger partial charge in [0.2, 0.25) is 0 Å². The molecule has 1 atom stereocenters. The standard InChI is InChI=1S/C21H25.C14H23.C13H10.2ClH.Zr/c1-20(2,3)16-7-9-18-14(12-16)11-15-13-17(21(4,5)6)8-10-19(15)18;1-9(2)12-7-13(10(3)4)14(8-12)11(5)6;1-3-7-12(8-4-1)11-13-9-5-2-6-10-13;;;/h7-13H,1-6H3;7,9-12H,1-6H3;1-10H;2*1H;/q2*-1;;;;+2/p-2. The van der Waals surface area contributed by atoms with E-state index >= 15 is 0 Å². The summed E-state index contributed by atoms with van der Waals surface area (Å²) >= 11 is 1.46. The van der Waals surface area contributed by atoms with Crippen molar-refractivity contribution in [2.24, 2.45) is 23.7 Å². The van der Waals surface area contributed by atoms with E-state index in [-0.39, 0.29) is 35.6 Å². The van der Waals surface area contributed by atoms with Gasteiger partial charge in [-0.2, -0.15) is 11.6 Å².